The molecule has 4 heteroatoms. The predicted molar refractivity (Wildman–Crippen MR) is 47.4 cm³/mol. The molecule has 0 saturated carbocycles. The van der Waals surface area contributed by atoms with Gasteiger partial charge in [-0.1, -0.05) is 12.1 Å². The highest BCUT2D eigenvalue weighted by Crippen LogP contribution is 2.11. The van der Waals surface area contributed by atoms with Crippen LogP contribution in [0.2, 0.25) is 0 Å². The molecule has 0 aliphatic heterocycles. The van der Waals surface area contributed by atoms with Crippen molar-refractivity contribution in [3.05, 3.63) is 35.4 Å². The molecule has 0 amide bonds. The Hall–Kier alpha value is -1.39. The van der Waals surface area contributed by atoms with E-state index in [1.807, 2.05) is 0 Å². The van der Waals surface area contributed by atoms with Crippen LogP contribution in [-0.4, -0.2) is 22.8 Å². The molecular weight excluding hydrogens is 170 g/mol. The lowest BCUT2D eigenvalue weighted by Crippen LogP contribution is -2.14. The molecule has 0 aromatic heterocycles. The predicted octanol–water partition coefficient (Wildman–Crippen LogP) is 0.377. The van der Waals surface area contributed by atoms with Crippen molar-refractivity contribution in [2.24, 2.45) is 5.73 Å². The number of carboxylic acid groups (broad SMARTS) is 1. The van der Waals surface area contributed by atoms with Crippen LogP contribution in [0.25, 0.3) is 0 Å². The summed E-state index contributed by atoms with van der Waals surface area (Å²) in [5, 5.41) is 17.4. The van der Waals surface area contributed by atoms with Crippen LogP contribution >= 0.6 is 0 Å². The minimum Gasteiger partial charge on any atom is -0.478 e. The number of rotatable bonds is 3. The van der Waals surface area contributed by atoms with Crippen LogP contribution in [0, 0.1) is 0 Å². The molecule has 1 rings (SSSR count). The number of carbonyl (C=O) groups is 1. The maximum Gasteiger partial charge on any atom is 0.335 e. The van der Waals surface area contributed by atoms with Gasteiger partial charge in [0.25, 0.3) is 0 Å². The summed E-state index contributed by atoms with van der Waals surface area (Å²) in [6.07, 6.45) is 0. The van der Waals surface area contributed by atoms with Gasteiger partial charge in [0.05, 0.1) is 18.2 Å². The maximum absolute atomic E-state index is 10.6. The van der Waals surface area contributed by atoms with E-state index >= 15 is 0 Å². The quantitative estimate of drug-likeness (QED) is 0.629. The summed E-state index contributed by atoms with van der Waals surface area (Å²) >= 11 is 0. The van der Waals surface area contributed by atoms with Crippen molar-refractivity contribution in [2.75, 3.05) is 6.61 Å². The van der Waals surface area contributed by atoms with Crippen LogP contribution in [-0.2, 0) is 0 Å². The van der Waals surface area contributed by atoms with Crippen LogP contribution in [0.1, 0.15) is 22.0 Å². The Kier molecular flexibility index (Phi) is 3.00. The third kappa shape index (κ3) is 2.27. The lowest BCUT2D eigenvalue weighted by molar-refractivity contribution is 0.0696. The van der Waals surface area contributed by atoms with Crippen molar-refractivity contribution in [2.45, 2.75) is 6.04 Å². The fourth-order valence-corrected chi connectivity index (χ4v) is 1.01. The normalized spacial score (nSPS) is 12.5. The zero-order chi connectivity index (χ0) is 9.84. The fraction of sp³-hybridized carbons (Fsp3) is 0.222. The Morgan fingerprint density at radius 1 is 1.54 bits per heavy atom. The first kappa shape index (κ1) is 9.70. The van der Waals surface area contributed by atoms with E-state index in [1.54, 1.807) is 12.1 Å². The van der Waals surface area contributed by atoms with Gasteiger partial charge in [-0.05, 0) is 17.7 Å². The molecule has 0 fully saturated rings. The van der Waals surface area contributed by atoms with Crippen LogP contribution in [0.4, 0.5) is 0 Å². The smallest absolute Gasteiger partial charge is 0.335 e. The van der Waals surface area contributed by atoms with Gasteiger partial charge in [0.1, 0.15) is 0 Å². The number of hydrogen-bond donors (Lipinski definition) is 3. The molecule has 0 saturated heterocycles. The molecule has 0 aliphatic rings. The summed E-state index contributed by atoms with van der Waals surface area (Å²) < 4.78 is 0. The second kappa shape index (κ2) is 4.02. The maximum atomic E-state index is 10.6. The minimum absolute atomic E-state index is 0.182. The van der Waals surface area contributed by atoms with Gasteiger partial charge in [0, 0.05) is 0 Å². The highest BCUT2D eigenvalue weighted by atomic mass is 16.4. The molecular formula is C9H11NO3. The van der Waals surface area contributed by atoms with E-state index in [2.05, 4.69) is 0 Å². The summed E-state index contributed by atoms with van der Waals surface area (Å²) in [5.74, 6) is -0.994. The molecule has 0 radical (unpaired) electrons. The molecule has 70 valence electrons. The zero-order valence-corrected chi connectivity index (χ0v) is 6.97. The SMILES string of the molecule is NC(CO)c1cccc(C(=O)O)c1. The van der Waals surface area contributed by atoms with Crippen LogP contribution in [0.5, 0.6) is 0 Å². The molecule has 1 aromatic rings. The van der Waals surface area contributed by atoms with Gasteiger partial charge >= 0.3 is 5.97 Å². The molecule has 0 heterocycles. The first-order chi connectivity index (χ1) is 6.15. The molecule has 1 unspecified atom stereocenters. The summed E-state index contributed by atoms with van der Waals surface area (Å²) in [7, 11) is 0. The van der Waals surface area contributed by atoms with E-state index in [9.17, 15) is 4.79 Å². The molecule has 4 N–H and O–H groups in total. The Bertz CT molecular complexity index is 311. The lowest BCUT2D eigenvalue weighted by atomic mass is 10.1. The third-order valence-corrected chi connectivity index (χ3v) is 1.76. The Labute approximate surface area is 75.6 Å². The monoisotopic (exact) mass is 181 g/mol. The second-order valence-electron chi connectivity index (χ2n) is 2.72. The van der Waals surface area contributed by atoms with E-state index in [0.29, 0.717) is 5.56 Å². The van der Waals surface area contributed by atoms with Crippen LogP contribution in [0.3, 0.4) is 0 Å². The van der Waals surface area contributed by atoms with E-state index in [1.165, 1.54) is 12.1 Å². The number of carboxylic acids is 1. The molecule has 4 nitrogen and oxygen atoms in total. The number of aromatic carboxylic acids is 1. The van der Waals surface area contributed by atoms with Gasteiger partial charge in [-0.3, -0.25) is 0 Å². The molecule has 1 aromatic carbocycles. The number of aliphatic hydroxyl groups excluding tert-OH is 1. The Morgan fingerprint density at radius 3 is 2.77 bits per heavy atom. The van der Waals surface area contributed by atoms with Crippen LogP contribution in [0.15, 0.2) is 24.3 Å². The largest absolute Gasteiger partial charge is 0.478 e. The van der Waals surface area contributed by atoms with E-state index in [-0.39, 0.29) is 12.2 Å². The fourth-order valence-electron chi connectivity index (χ4n) is 1.01. The third-order valence-electron chi connectivity index (χ3n) is 1.76. The van der Waals surface area contributed by atoms with Crippen molar-refractivity contribution in [3.63, 3.8) is 0 Å². The highest BCUT2D eigenvalue weighted by Gasteiger charge is 2.07. The van der Waals surface area contributed by atoms with Crippen molar-refractivity contribution in [3.8, 4) is 0 Å². The topological polar surface area (TPSA) is 83.5 Å². The average molecular weight is 181 g/mol. The molecule has 0 aliphatic carbocycles. The average Bonchev–Trinajstić information content (AvgIpc) is 2.17. The van der Waals surface area contributed by atoms with Gasteiger partial charge in [-0.2, -0.15) is 0 Å². The molecule has 0 bridgehead atoms. The summed E-state index contributed by atoms with van der Waals surface area (Å²) in [6, 6.07) is 5.72. The summed E-state index contributed by atoms with van der Waals surface area (Å²) in [6.45, 7) is -0.191. The lowest BCUT2D eigenvalue weighted by Gasteiger charge is -2.08. The van der Waals surface area contributed by atoms with E-state index in [0.717, 1.165) is 0 Å². The molecule has 13 heavy (non-hydrogen) atoms. The van der Waals surface area contributed by atoms with Gasteiger partial charge in [-0.25, -0.2) is 4.79 Å². The van der Waals surface area contributed by atoms with Crippen molar-refractivity contribution < 1.29 is 15.0 Å². The van der Waals surface area contributed by atoms with Crippen molar-refractivity contribution >= 4 is 5.97 Å². The molecule has 0 spiro atoms. The standard InChI is InChI=1S/C9H11NO3/c10-8(5-11)6-2-1-3-7(4-6)9(12)13/h1-4,8,11H,5,10H2,(H,12,13). The summed E-state index contributed by atoms with van der Waals surface area (Å²) in [4.78, 5) is 10.6. The van der Waals surface area contributed by atoms with Gasteiger partial charge in [-0.15, -0.1) is 0 Å². The second-order valence-corrected chi connectivity index (χ2v) is 2.72. The number of hydrogen-bond acceptors (Lipinski definition) is 3. The van der Waals surface area contributed by atoms with E-state index < -0.39 is 12.0 Å². The zero-order valence-electron chi connectivity index (χ0n) is 6.97. The van der Waals surface area contributed by atoms with Gasteiger partial charge < -0.3 is 15.9 Å². The van der Waals surface area contributed by atoms with E-state index in [4.69, 9.17) is 15.9 Å². The van der Waals surface area contributed by atoms with Gasteiger partial charge in [0.15, 0.2) is 0 Å². The Morgan fingerprint density at radius 2 is 2.23 bits per heavy atom. The minimum atomic E-state index is -0.994. The Balaban J connectivity index is 2.98. The van der Waals surface area contributed by atoms with Crippen molar-refractivity contribution in [1.82, 2.24) is 0 Å². The number of benzene rings is 1. The molecule has 1 atom stereocenters. The summed E-state index contributed by atoms with van der Waals surface area (Å²) in [5.41, 5.74) is 6.33. The first-order valence-corrected chi connectivity index (χ1v) is 3.85. The van der Waals surface area contributed by atoms with Gasteiger partial charge in [0.2, 0.25) is 0 Å². The first-order valence-electron chi connectivity index (χ1n) is 3.85. The number of nitrogens with two attached hydrogens (primary N) is 1. The number of aliphatic hydroxyl groups is 1. The van der Waals surface area contributed by atoms with Crippen LogP contribution < -0.4 is 5.73 Å². The highest BCUT2D eigenvalue weighted by molar-refractivity contribution is 5.87. The van der Waals surface area contributed by atoms with Crippen molar-refractivity contribution in [1.29, 1.82) is 0 Å².